The van der Waals surface area contributed by atoms with Crippen LogP contribution in [0.5, 0.6) is 0 Å². The summed E-state index contributed by atoms with van der Waals surface area (Å²) >= 11 is 0. The van der Waals surface area contributed by atoms with Crippen LogP contribution in [-0.4, -0.2) is 0 Å². The van der Waals surface area contributed by atoms with Gasteiger partial charge in [-0.3, -0.25) is 0 Å². The molecule has 2 N–H and O–H groups in total. The quantitative estimate of drug-likeness (QED) is 0.629. The molecule has 0 aliphatic heterocycles. The lowest BCUT2D eigenvalue weighted by molar-refractivity contribution is 1.40. The van der Waals surface area contributed by atoms with Gasteiger partial charge in [0.2, 0.25) is 0 Å². The molecule has 1 nitrogen and oxygen atoms in total. The second-order valence-corrected chi connectivity index (χ2v) is 3.35. The van der Waals surface area contributed by atoms with Crippen molar-refractivity contribution in [2.75, 3.05) is 5.73 Å². The Morgan fingerprint density at radius 2 is 2.00 bits per heavy atom. The number of hydrogen-bond donors (Lipinski definition) is 1. The van der Waals surface area contributed by atoms with Gasteiger partial charge in [0.1, 0.15) is 0 Å². The van der Waals surface area contributed by atoms with Gasteiger partial charge in [-0.05, 0) is 38.5 Å². The molecule has 1 rings (SSSR count). The smallest absolute Gasteiger partial charge is 0.0387 e. The highest BCUT2D eigenvalue weighted by Gasteiger charge is 1.94. The van der Waals surface area contributed by atoms with Crippen molar-refractivity contribution in [3.63, 3.8) is 0 Å². The Morgan fingerprint density at radius 3 is 2.58 bits per heavy atom. The number of rotatable bonds is 1. The summed E-state index contributed by atoms with van der Waals surface area (Å²) in [5.74, 6) is 0. The average Bonchev–Trinajstić information content (AvgIpc) is 1.96. The standard InChI is InChI=1S/C11H15N/c1-8(2)6-10-7-9(3)4-5-11(10)12/h4-7H,12H2,1-3H3. The fourth-order valence-electron chi connectivity index (χ4n) is 1.13. The van der Waals surface area contributed by atoms with Crippen molar-refractivity contribution in [3.05, 3.63) is 34.9 Å². The van der Waals surface area contributed by atoms with Crippen molar-refractivity contribution in [3.8, 4) is 0 Å². The predicted octanol–water partition coefficient (Wildman–Crippen LogP) is 3.00. The summed E-state index contributed by atoms with van der Waals surface area (Å²) < 4.78 is 0. The second-order valence-electron chi connectivity index (χ2n) is 3.35. The fourth-order valence-corrected chi connectivity index (χ4v) is 1.13. The van der Waals surface area contributed by atoms with Crippen LogP contribution >= 0.6 is 0 Å². The Hall–Kier alpha value is -1.24. The Balaban J connectivity index is 3.14. The third kappa shape index (κ3) is 2.12. The van der Waals surface area contributed by atoms with Gasteiger partial charge in [0, 0.05) is 5.69 Å². The first-order valence-corrected chi connectivity index (χ1v) is 4.10. The first kappa shape index (κ1) is 8.85. The SMILES string of the molecule is CC(C)=Cc1cc(C)ccc1N. The molecule has 0 unspecified atom stereocenters. The van der Waals surface area contributed by atoms with Gasteiger partial charge >= 0.3 is 0 Å². The number of nitrogen functional groups attached to an aromatic ring is 1. The van der Waals surface area contributed by atoms with Gasteiger partial charge in [0.15, 0.2) is 0 Å². The third-order valence-corrected chi connectivity index (χ3v) is 1.69. The first-order chi connectivity index (χ1) is 5.59. The van der Waals surface area contributed by atoms with E-state index in [1.54, 1.807) is 0 Å². The number of nitrogens with two attached hydrogens (primary N) is 1. The molecule has 12 heavy (non-hydrogen) atoms. The monoisotopic (exact) mass is 161 g/mol. The molecule has 0 aliphatic carbocycles. The summed E-state index contributed by atoms with van der Waals surface area (Å²) in [6.45, 7) is 6.21. The van der Waals surface area contributed by atoms with E-state index in [1.807, 2.05) is 12.1 Å². The number of aryl methyl sites for hydroxylation is 1. The molecule has 0 bridgehead atoms. The molecular formula is C11H15N. The summed E-state index contributed by atoms with van der Waals surface area (Å²) in [6.07, 6.45) is 2.10. The van der Waals surface area contributed by atoms with E-state index in [0.29, 0.717) is 0 Å². The van der Waals surface area contributed by atoms with Crippen molar-refractivity contribution in [2.24, 2.45) is 0 Å². The van der Waals surface area contributed by atoms with E-state index in [1.165, 1.54) is 11.1 Å². The lowest BCUT2D eigenvalue weighted by Crippen LogP contribution is -1.89. The predicted molar refractivity (Wildman–Crippen MR) is 54.9 cm³/mol. The van der Waals surface area contributed by atoms with E-state index >= 15 is 0 Å². The molecule has 1 aromatic carbocycles. The van der Waals surface area contributed by atoms with Gasteiger partial charge in [-0.2, -0.15) is 0 Å². The topological polar surface area (TPSA) is 26.0 Å². The minimum Gasteiger partial charge on any atom is -0.398 e. The van der Waals surface area contributed by atoms with E-state index in [2.05, 4.69) is 32.9 Å². The lowest BCUT2D eigenvalue weighted by atomic mass is 10.1. The second kappa shape index (κ2) is 3.44. The number of anilines is 1. The van der Waals surface area contributed by atoms with Crippen LogP contribution in [0.25, 0.3) is 6.08 Å². The van der Waals surface area contributed by atoms with Crippen LogP contribution in [0.1, 0.15) is 25.0 Å². The zero-order chi connectivity index (χ0) is 9.14. The minimum absolute atomic E-state index is 0.849. The largest absolute Gasteiger partial charge is 0.398 e. The van der Waals surface area contributed by atoms with Crippen LogP contribution in [0.3, 0.4) is 0 Å². The van der Waals surface area contributed by atoms with Crippen LogP contribution in [-0.2, 0) is 0 Å². The minimum atomic E-state index is 0.849. The molecule has 0 fully saturated rings. The maximum Gasteiger partial charge on any atom is 0.0387 e. The summed E-state index contributed by atoms with van der Waals surface area (Å²) in [7, 11) is 0. The molecule has 0 saturated heterocycles. The van der Waals surface area contributed by atoms with Crippen LogP contribution in [0.15, 0.2) is 23.8 Å². The average molecular weight is 161 g/mol. The molecule has 0 saturated carbocycles. The van der Waals surface area contributed by atoms with Crippen molar-refractivity contribution in [1.82, 2.24) is 0 Å². The molecule has 1 heteroatoms. The van der Waals surface area contributed by atoms with Gasteiger partial charge in [0.25, 0.3) is 0 Å². The molecule has 0 spiro atoms. The molecule has 0 radical (unpaired) electrons. The fraction of sp³-hybridized carbons (Fsp3) is 0.273. The van der Waals surface area contributed by atoms with Crippen LogP contribution in [0.4, 0.5) is 5.69 Å². The van der Waals surface area contributed by atoms with Gasteiger partial charge in [-0.25, -0.2) is 0 Å². The van der Waals surface area contributed by atoms with Crippen LogP contribution in [0.2, 0.25) is 0 Å². The summed E-state index contributed by atoms with van der Waals surface area (Å²) in [5.41, 5.74) is 10.3. The Kier molecular flexibility index (Phi) is 2.54. The maximum absolute atomic E-state index is 5.79. The van der Waals surface area contributed by atoms with E-state index in [-0.39, 0.29) is 0 Å². The summed E-state index contributed by atoms with van der Waals surface area (Å²) in [5, 5.41) is 0. The first-order valence-electron chi connectivity index (χ1n) is 4.10. The molecular weight excluding hydrogens is 146 g/mol. The van der Waals surface area contributed by atoms with Crippen molar-refractivity contribution in [2.45, 2.75) is 20.8 Å². The number of hydrogen-bond acceptors (Lipinski definition) is 1. The van der Waals surface area contributed by atoms with E-state index in [9.17, 15) is 0 Å². The van der Waals surface area contributed by atoms with Crippen molar-refractivity contribution >= 4 is 11.8 Å². The zero-order valence-electron chi connectivity index (χ0n) is 7.89. The Labute approximate surface area is 73.9 Å². The third-order valence-electron chi connectivity index (χ3n) is 1.69. The van der Waals surface area contributed by atoms with E-state index in [0.717, 1.165) is 11.3 Å². The maximum atomic E-state index is 5.79. The lowest BCUT2D eigenvalue weighted by Gasteiger charge is -2.02. The molecule has 0 aliphatic rings. The van der Waals surface area contributed by atoms with Crippen LogP contribution in [0, 0.1) is 6.92 Å². The highest BCUT2D eigenvalue weighted by atomic mass is 14.5. The molecule has 0 amide bonds. The normalized spacial score (nSPS) is 9.58. The Morgan fingerprint density at radius 1 is 1.33 bits per heavy atom. The van der Waals surface area contributed by atoms with Crippen molar-refractivity contribution < 1.29 is 0 Å². The Bertz CT molecular complexity index is 307. The molecule has 0 heterocycles. The zero-order valence-corrected chi connectivity index (χ0v) is 7.89. The highest BCUT2D eigenvalue weighted by molar-refractivity contribution is 5.66. The van der Waals surface area contributed by atoms with Crippen LogP contribution < -0.4 is 5.73 Å². The number of benzene rings is 1. The summed E-state index contributed by atoms with van der Waals surface area (Å²) in [6, 6.07) is 6.07. The van der Waals surface area contributed by atoms with E-state index < -0.39 is 0 Å². The van der Waals surface area contributed by atoms with Gasteiger partial charge in [-0.15, -0.1) is 0 Å². The highest BCUT2D eigenvalue weighted by Crippen LogP contribution is 2.16. The number of allylic oxidation sites excluding steroid dienone is 1. The molecule has 1 aromatic rings. The van der Waals surface area contributed by atoms with Gasteiger partial charge in [-0.1, -0.05) is 23.3 Å². The van der Waals surface area contributed by atoms with Crippen molar-refractivity contribution in [1.29, 1.82) is 0 Å². The summed E-state index contributed by atoms with van der Waals surface area (Å²) in [4.78, 5) is 0. The molecule has 64 valence electrons. The molecule has 0 atom stereocenters. The van der Waals surface area contributed by atoms with Gasteiger partial charge < -0.3 is 5.73 Å². The molecule has 0 aromatic heterocycles. The van der Waals surface area contributed by atoms with E-state index in [4.69, 9.17) is 5.73 Å². The van der Waals surface area contributed by atoms with Gasteiger partial charge in [0.05, 0.1) is 0 Å².